The van der Waals surface area contributed by atoms with Crippen molar-refractivity contribution in [3.05, 3.63) is 52.2 Å². The number of amides is 2. The minimum atomic E-state index is -0.154. The molecule has 0 unspecified atom stereocenters. The van der Waals surface area contributed by atoms with E-state index in [1.54, 1.807) is 23.3 Å². The fourth-order valence-electron chi connectivity index (χ4n) is 3.54. The molecule has 2 heterocycles. The molecule has 1 atom stereocenters. The van der Waals surface area contributed by atoms with Crippen molar-refractivity contribution in [1.29, 1.82) is 0 Å². The summed E-state index contributed by atoms with van der Waals surface area (Å²) in [7, 11) is 1.59. The third-order valence-corrected chi connectivity index (χ3v) is 6.11. The molecule has 156 valence electrons. The van der Waals surface area contributed by atoms with Crippen LogP contribution in [0, 0.1) is 0 Å². The summed E-state index contributed by atoms with van der Waals surface area (Å²) in [6.07, 6.45) is 1.20. The van der Waals surface area contributed by atoms with Crippen LogP contribution >= 0.6 is 11.3 Å². The molecule has 0 aliphatic carbocycles. The van der Waals surface area contributed by atoms with Crippen molar-refractivity contribution in [3.63, 3.8) is 0 Å². The van der Waals surface area contributed by atoms with E-state index in [4.69, 9.17) is 9.47 Å². The van der Waals surface area contributed by atoms with Crippen LogP contribution in [-0.2, 0) is 20.7 Å². The lowest BCUT2D eigenvalue weighted by atomic mass is 10.0. The molecule has 0 saturated heterocycles. The minimum absolute atomic E-state index is 0.0410. The fraction of sp³-hybridized carbons (Fsp3) is 0.455. The van der Waals surface area contributed by atoms with Gasteiger partial charge in [-0.15, -0.1) is 11.3 Å². The standard InChI is InChI=1S/C22H28N2O4S/c1-3-21(25)23(12-13-27-2)15-22(26)24-11-9-20-18(10-14-29-20)19(24)16-28-17-7-5-4-6-8-17/h4-8,10,14,19H,3,9,11-13,15-16H2,1-2H3/t19-/m0/s1. The molecule has 1 aromatic carbocycles. The number of hydrogen-bond acceptors (Lipinski definition) is 5. The smallest absolute Gasteiger partial charge is 0.242 e. The topological polar surface area (TPSA) is 59.1 Å². The van der Waals surface area contributed by atoms with E-state index in [2.05, 4.69) is 11.4 Å². The molecule has 1 aliphatic heterocycles. The number of fused-ring (bicyclic) bond motifs is 1. The number of hydrogen-bond donors (Lipinski definition) is 0. The van der Waals surface area contributed by atoms with Crippen LogP contribution in [0.5, 0.6) is 5.75 Å². The SMILES string of the molecule is CCC(=O)N(CCOC)CC(=O)N1CCc2sccc2[C@@H]1COc1ccccc1. The molecule has 7 heteroatoms. The van der Waals surface area contributed by atoms with E-state index in [0.29, 0.717) is 32.7 Å². The minimum Gasteiger partial charge on any atom is -0.491 e. The highest BCUT2D eigenvalue weighted by Crippen LogP contribution is 2.34. The highest BCUT2D eigenvalue weighted by atomic mass is 32.1. The van der Waals surface area contributed by atoms with Gasteiger partial charge >= 0.3 is 0 Å². The lowest BCUT2D eigenvalue weighted by Crippen LogP contribution is -2.48. The molecule has 29 heavy (non-hydrogen) atoms. The molecule has 0 radical (unpaired) electrons. The van der Waals surface area contributed by atoms with E-state index in [1.165, 1.54) is 4.88 Å². The third kappa shape index (κ3) is 5.36. The summed E-state index contributed by atoms with van der Waals surface area (Å²) in [6.45, 7) is 3.72. The number of para-hydroxylation sites is 1. The van der Waals surface area contributed by atoms with Gasteiger partial charge in [0, 0.05) is 31.5 Å². The van der Waals surface area contributed by atoms with Gasteiger partial charge in [0.1, 0.15) is 12.4 Å². The molecule has 0 spiro atoms. The van der Waals surface area contributed by atoms with Gasteiger partial charge in [-0.05, 0) is 35.6 Å². The van der Waals surface area contributed by atoms with E-state index in [9.17, 15) is 9.59 Å². The number of methoxy groups -OCH3 is 1. The normalized spacial score (nSPS) is 15.7. The van der Waals surface area contributed by atoms with E-state index < -0.39 is 0 Å². The van der Waals surface area contributed by atoms with Crippen LogP contribution in [0.1, 0.15) is 29.8 Å². The number of ether oxygens (including phenoxy) is 2. The first-order chi connectivity index (χ1) is 14.1. The molecular formula is C22H28N2O4S. The maximum absolute atomic E-state index is 13.2. The van der Waals surface area contributed by atoms with Crippen molar-refractivity contribution >= 4 is 23.2 Å². The summed E-state index contributed by atoms with van der Waals surface area (Å²) in [5, 5.41) is 2.07. The molecule has 6 nitrogen and oxygen atoms in total. The average molecular weight is 417 g/mol. The Labute approximate surface area is 176 Å². The van der Waals surface area contributed by atoms with Gasteiger partial charge in [-0.1, -0.05) is 25.1 Å². The van der Waals surface area contributed by atoms with Gasteiger partial charge in [0.25, 0.3) is 0 Å². The lowest BCUT2D eigenvalue weighted by molar-refractivity contribution is -0.143. The summed E-state index contributed by atoms with van der Waals surface area (Å²) >= 11 is 1.72. The number of carbonyl (C=O) groups is 2. The Morgan fingerprint density at radius 3 is 2.76 bits per heavy atom. The van der Waals surface area contributed by atoms with Gasteiger partial charge in [0.15, 0.2) is 0 Å². The molecule has 0 bridgehead atoms. The van der Waals surface area contributed by atoms with Crippen LogP contribution in [0.4, 0.5) is 0 Å². The first kappa shape index (κ1) is 21.3. The third-order valence-electron chi connectivity index (χ3n) is 5.11. The zero-order chi connectivity index (χ0) is 20.6. The number of nitrogens with zero attached hydrogens (tertiary/aromatic N) is 2. The Hall–Kier alpha value is -2.38. The van der Waals surface area contributed by atoms with E-state index in [0.717, 1.165) is 17.7 Å². The maximum atomic E-state index is 13.2. The van der Waals surface area contributed by atoms with Gasteiger partial charge in [-0.3, -0.25) is 9.59 Å². The van der Waals surface area contributed by atoms with Crippen LogP contribution in [0.25, 0.3) is 0 Å². The Kier molecular flexibility index (Phi) is 7.66. The van der Waals surface area contributed by atoms with Crippen LogP contribution in [-0.4, -0.2) is 61.6 Å². The molecule has 2 amide bonds. The van der Waals surface area contributed by atoms with Crippen molar-refractivity contribution < 1.29 is 19.1 Å². The highest BCUT2D eigenvalue weighted by molar-refractivity contribution is 7.10. The zero-order valence-electron chi connectivity index (χ0n) is 17.0. The maximum Gasteiger partial charge on any atom is 0.242 e. The predicted molar refractivity (Wildman–Crippen MR) is 113 cm³/mol. The molecule has 0 N–H and O–H groups in total. The number of carbonyl (C=O) groups excluding carboxylic acids is 2. The first-order valence-electron chi connectivity index (χ1n) is 9.94. The zero-order valence-corrected chi connectivity index (χ0v) is 17.8. The average Bonchev–Trinajstić information content (AvgIpc) is 3.24. The predicted octanol–water partition coefficient (Wildman–Crippen LogP) is 3.14. The molecular weight excluding hydrogens is 388 g/mol. The molecule has 2 aromatic rings. The van der Waals surface area contributed by atoms with Gasteiger partial charge in [0.05, 0.1) is 19.2 Å². The fourth-order valence-corrected chi connectivity index (χ4v) is 4.47. The first-order valence-corrected chi connectivity index (χ1v) is 10.8. The Bertz CT molecular complexity index is 808. The van der Waals surface area contributed by atoms with Crippen LogP contribution in [0.3, 0.4) is 0 Å². The second kappa shape index (κ2) is 10.4. The monoisotopic (exact) mass is 416 g/mol. The van der Waals surface area contributed by atoms with Crippen LogP contribution < -0.4 is 4.74 Å². The summed E-state index contributed by atoms with van der Waals surface area (Å²) < 4.78 is 11.1. The number of thiophene rings is 1. The van der Waals surface area contributed by atoms with Crippen molar-refractivity contribution in [2.45, 2.75) is 25.8 Å². The Morgan fingerprint density at radius 2 is 2.03 bits per heavy atom. The highest BCUT2D eigenvalue weighted by Gasteiger charge is 2.33. The van der Waals surface area contributed by atoms with E-state index >= 15 is 0 Å². The molecule has 1 aliphatic rings. The molecule has 0 fully saturated rings. The summed E-state index contributed by atoms with van der Waals surface area (Å²) in [4.78, 5) is 30.2. The number of rotatable bonds is 9. The van der Waals surface area contributed by atoms with Crippen molar-refractivity contribution in [3.8, 4) is 5.75 Å². The van der Waals surface area contributed by atoms with Crippen molar-refractivity contribution in [2.75, 3.05) is 40.0 Å². The second-order valence-electron chi connectivity index (χ2n) is 6.94. The van der Waals surface area contributed by atoms with Crippen LogP contribution in [0.2, 0.25) is 0 Å². The quantitative estimate of drug-likeness (QED) is 0.630. The summed E-state index contributed by atoms with van der Waals surface area (Å²) in [6, 6.07) is 11.6. The van der Waals surface area contributed by atoms with Gasteiger partial charge in [0.2, 0.25) is 11.8 Å². The lowest BCUT2D eigenvalue weighted by Gasteiger charge is -2.37. The summed E-state index contributed by atoms with van der Waals surface area (Å²) in [5.74, 6) is 0.687. The molecule has 1 aromatic heterocycles. The van der Waals surface area contributed by atoms with Gasteiger partial charge in [-0.2, -0.15) is 0 Å². The van der Waals surface area contributed by atoms with Gasteiger partial charge < -0.3 is 19.3 Å². The second-order valence-corrected chi connectivity index (χ2v) is 7.94. The van der Waals surface area contributed by atoms with Crippen molar-refractivity contribution in [2.24, 2.45) is 0 Å². The Balaban J connectivity index is 1.74. The molecule has 3 rings (SSSR count). The summed E-state index contributed by atoms with van der Waals surface area (Å²) in [5.41, 5.74) is 1.15. The Morgan fingerprint density at radius 1 is 1.24 bits per heavy atom. The van der Waals surface area contributed by atoms with Crippen molar-refractivity contribution in [1.82, 2.24) is 9.80 Å². The van der Waals surface area contributed by atoms with E-state index in [1.807, 2.05) is 42.2 Å². The number of benzene rings is 1. The largest absolute Gasteiger partial charge is 0.491 e. The molecule has 0 saturated carbocycles. The van der Waals surface area contributed by atoms with Gasteiger partial charge in [-0.25, -0.2) is 0 Å². The van der Waals surface area contributed by atoms with Crippen LogP contribution in [0.15, 0.2) is 41.8 Å². The van der Waals surface area contributed by atoms with E-state index in [-0.39, 0.29) is 24.4 Å².